The van der Waals surface area contributed by atoms with Crippen LogP contribution in [0.15, 0.2) is 59.9 Å². The number of aromatic amines is 1. The first-order chi connectivity index (χ1) is 16.3. The summed E-state index contributed by atoms with van der Waals surface area (Å²) in [4.78, 5) is 28.0. The monoisotopic (exact) mass is 476 g/mol. The Bertz CT molecular complexity index is 1330. The summed E-state index contributed by atoms with van der Waals surface area (Å²) < 4.78 is 1.97. The van der Waals surface area contributed by atoms with Gasteiger partial charge in [-0.1, -0.05) is 62.0 Å². The zero-order valence-electron chi connectivity index (χ0n) is 19.6. The van der Waals surface area contributed by atoms with Crippen LogP contribution < -0.4 is 10.6 Å². The predicted octanol–water partition coefficient (Wildman–Crippen LogP) is 4.69. The second-order valence-corrected chi connectivity index (χ2v) is 9.84. The summed E-state index contributed by atoms with van der Waals surface area (Å²) in [5.41, 5.74) is 3.91. The van der Waals surface area contributed by atoms with E-state index >= 15 is 0 Å². The van der Waals surface area contributed by atoms with Crippen molar-refractivity contribution in [1.82, 2.24) is 30.4 Å². The van der Waals surface area contributed by atoms with Gasteiger partial charge in [0.15, 0.2) is 11.0 Å². The molecule has 2 aromatic heterocycles. The van der Waals surface area contributed by atoms with E-state index in [4.69, 9.17) is 0 Å². The fourth-order valence-corrected chi connectivity index (χ4v) is 4.44. The zero-order valence-corrected chi connectivity index (χ0v) is 20.4. The highest BCUT2D eigenvalue weighted by Crippen LogP contribution is 2.34. The molecule has 176 valence electrons. The lowest BCUT2D eigenvalue weighted by Gasteiger charge is -2.15. The van der Waals surface area contributed by atoms with E-state index in [9.17, 15) is 9.59 Å². The molecule has 0 saturated carbocycles. The van der Waals surface area contributed by atoms with Crippen molar-refractivity contribution in [3.63, 3.8) is 0 Å². The molecule has 2 heterocycles. The quantitative estimate of drug-likeness (QED) is 0.336. The Morgan fingerprint density at radius 2 is 1.79 bits per heavy atom. The molecule has 4 aromatic rings. The maximum Gasteiger partial charge on any atom is 0.321 e. The molecule has 1 unspecified atom stereocenters. The average Bonchev–Trinajstić information content (AvgIpc) is 3.42. The third-order valence-corrected chi connectivity index (χ3v) is 6.42. The van der Waals surface area contributed by atoms with Crippen LogP contribution in [0.1, 0.15) is 26.3 Å². The highest BCUT2D eigenvalue weighted by Gasteiger charge is 2.24. The van der Waals surface area contributed by atoms with Crippen LogP contribution in [0.3, 0.4) is 0 Å². The number of fused-ring (bicyclic) bond motifs is 1. The van der Waals surface area contributed by atoms with Crippen molar-refractivity contribution in [3.8, 4) is 17.1 Å². The maximum absolute atomic E-state index is 12.7. The molecule has 0 aliphatic carbocycles. The van der Waals surface area contributed by atoms with Gasteiger partial charge >= 0.3 is 6.03 Å². The van der Waals surface area contributed by atoms with Crippen molar-refractivity contribution in [2.24, 2.45) is 5.92 Å². The van der Waals surface area contributed by atoms with Gasteiger partial charge in [-0.25, -0.2) is 4.79 Å². The number of carbonyl (C=O) groups excluding carboxylic acids is 2. The Kier molecular flexibility index (Phi) is 7.02. The molecule has 3 N–H and O–H groups in total. The topological polar surface area (TPSA) is 105 Å². The number of aryl methyl sites for hydroxylation is 1. The molecule has 0 spiro atoms. The number of benzene rings is 2. The molecule has 3 amide bonds. The minimum absolute atomic E-state index is 0.295. The van der Waals surface area contributed by atoms with E-state index < -0.39 is 11.3 Å². The van der Waals surface area contributed by atoms with E-state index in [1.807, 2.05) is 80.1 Å². The molecule has 0 saturated heterocycles. The lowest BCUT2D eigenvalue weighted by molar-refractivity contribution is -0.119. The first-order valence-electron chi connectivity index (χ1n) is 11.2. The van der Waals surface area contributed by atoms with Gasteiger partial charge in [-0.15, -0.1) is 10.2 Å². The van der Waals surface area contributed by atoms with Gasteiger partial charge in [0.25, 0.3) is 0 Å². The van der Waals surface area contributed by atoms with Gasteiger partial charge in [-0.05, 0) is 37.5 Å². The van der Waals surface area contributed by atoms with Crippen molar-refractivity contribution in [1.29, 1.82) is 0 Å². The van der Waals surface area contributed by atoms with Crippen molar-refractivity contribution < 1.29 is 9.59 Å². The van der Waals surface area contributed by atoms with Crippen molar-refractivity contribution >= 4 is 34.6 Å². The number of nitrogens with zero attached hydrogens (tertiary/aromatic N) is 3. The summed E-state index contributed by atoms with van der Waals surface area (Å²) in [6, 6.07) is 15.5. The highest BCUT2D eigenvalue weighted by atomic mass is 32.2. The number of rotatable bonds is 7. The van der Waals surface area contributed by atoms with Crippen LogP contribution in [0.25, 0.3) is 28.0 Å². The SMILES string of the molecule is Cc1ccccc1-n1c(SC(C)C(=O)NC(=O)NCC(C)C)nnc1-c1c[nH]c2ccccc12. The molecule has 9 heteroatoms. The smallest absolute Gasteiger partial charge is 0.321 e. The van der Waals surface area contributed by atoms with Crippen molar-refractivity contribution in [2.45, 2.75) is 38.1 Å². The molecule has 0 fully saturated rings. The summed E-state index contributed by atoms with van der Waals surface area (Å²) in [5.74, 6) is 0.582. The number of nitrogens with one attached hydrogen (secondary N) is 3. The molecule has 34 heavy (non-hydrogen) atoms. The van der Waals surface area contributed by atoms with Gasteiger partial charge in [0, 0.05) is 29.2 Å². The van der Waals surface area contributed by atoms with Gasteiger partial charge in [0.2, 0.25) is 5.91 Å². The normalized spacial score (nSPS) is 12.1. The van der Waals surface area contributed by atoms with E-state index in [0.29, 0.717) is 23.4 Å². The van der Waals surface area contributed by atoms with E-state index in [0.717, 1.165) is 27.7 Å². The molecule has 8 nitrogen and oxygen atoms in total. The Hall–Kier alpha value is -3.59. The highest BCUT2D eigenvalue weighted by molar-refractivity contribution is 8.00. The largest absolute Gasteiger partial charge is 0.360 e. The van der Waals surface area contributed by atoms with Crippen LogP contribution in [0, 0.1) is 12.8 Å². The van der Waals surface area contributed by atoms with Crippen LogP contribution in [-0.2, 0) is 4.79 Å². The molecular formula is C25H28N6O2S. The third-order valence-electron chi connectivity index (χ3n) is 5.38. The first kappa shape index (κ1) is 23.6. The number of urea groups is 1. The van der Waals surface area contributed by atoms with E-state index in [1.54, 1.807) is 6.92 Å². The minimum atomic E-state index is -0.562. The summed E-state index contributed by atoms with van der Waals surface area (Å²) in [5, 5.41) is 15.1. The van der Waals surface area contributed by atoms with Crippen LogP contribution >= 0.6 is 11.8 Å². The fraction of sp³-hybridized carbons (Fsp3) is 0.280. The molecule has 0 aliphatic heterocycles. The number of para-hydroxylation sites is 2. The summed E-state index contributed by atoms with van der Waals surface area (Å²) >= 11 is 1.26. The zero-order chi connectivity index (χ0) is 24.2. The lowest BCUT2D eigenvalue weighted by Crippen LogP contribution is -2.43. The number of hydrogen-bond donors (Lipinski definition) is 3. The number of imide groups is 1. The molecule has 2 aromatic carbocycles. The first-order valence-corrected chi connectivity index (χ1v) is 12.1. The van der Waals surface area contributed by atoms with Crippen molar-refractivity contribution in [2.75, 3.05) is 6.54 Å². The molecule has 4 rings (SSSR count). The molecule has 0 radical (unpaired) electrons. The summed E-state index contributed by atoms with van der Waals surface area (Å²) in [6.45, 7) is 8.25. The molecule has 0 aliphatic rings. The van der Waals surface area contributed by atoms with Gasteiger partial charge in [0.1, 0.15) is 0 Å². The Labute approximate surface area is 202 Å². The summed E-state index contributed by atoms with van der Waals surface area (Å²) in [6.07, 6.45) is 1.92. The van der Waals surface area contributed by atoms with E-state index in [1.165, 1.54) is 11.8 Å². The van der Waals surface area contributed by atoms with Gasteiger partial charge in [-0.2, -0.15) is 0 Å². The lowest BCUT2D eigenvalue weighted by atomic mass is 10.1. The van der Waals surface area contributed by atoms with Crippen LogP contribution in [-0.4, -0.2) is 43.5 Å². The second-order valence-electron chi connectivity index (χ2n) is 8.53. The number of thioether (sulfide) groups is 1. The fourth-order valence-electron chi connectivity index (χ4n) is 3.57. The van der Waals surface area contributed by atoms with E-state index in [2.05, 4.69) is 25.8 Å². The van der Waals surface area contributed by atoms with Crippen LogP contribution in [0.2, 0.25) is 0 Å². The van der Waals surface area contributed by atoms with Gasteiger partial charge in [-0.3, -0.25) is 14.7 Å². The van der Waals surface area contributed by atoms with Gasteiger partial charge in [0.05, 0.1) is 10.9 Å². The second kappa shape index (κ2) is 10.1. The van der Waals surface area contributed by atoms with Crippen LogP contribution in [0.5, 0.6) is 0 Å². The Balaban J connectivity index is 1.66. The number of hydrogen-bond acceptors (Lipinski definition) is 5. The third kappa shape index (κ3) is 4.99. The minimum Gasteiger partial charge on any atom is -0.360 e. The molecule has 0 bridgehead atoms. The predicted molar refractivity (Wildman–Crippen MR) is 135 cm³/mol. The summed E-state index contributed by atoms with van der Waals surface area (Å²) in [7, 11) is 0. The number of H-pyrrole nitrogens is 1. The Morgan fingerprint density at radius 1 is 1.06 bits per heavy atom. The van der Waals surface area contributed by atoms with Gasteiger partial charge < -0.3 is 10.3 Å². The maximum atomic E-state index is 12.7. The molecule has 1 atom stereocenters. The Morgan fingerprint density at radius 3 is 2.56 bits per heavy atom. The standard InChI is InChI=1S/C25H28N6O2S/c1-15(2)13-27-24(33)28-23(32)17(4)34-25-30-29-22(31(25)21-12-8-5-9-16(21)3)19-14-26-20-11-7-6-10-18(19)20/h5-12,14-15,17,26H,13H2,1-4H3,(H2,27,28,32,33). The number of aromatic nitrogens is 4. The average molecular weight is 477 g/mol. The van der Waals surface area contributed by atoms with Crippen molar-refractivity contribution in [3.05, 3.63) is 60.3 Å². The number of amides is 3. The van der Waals surface area contributed by atoms with E-state index in [-0.39, 0.29) is 5.91 Å². The van der Waals surface area contributed by atoms with Crippen LogP contribution in [0.4, 0.5) is 4.79 Å². The molecular weight excluding hydrogens is 448 g/mol. The number of carbonyl (C=O) groups is 2.